The zero-order valence-corrected chi connectivity index (χ0v) is 10.8. The molecule has 2 heteroatoms. The molecular formula is C13H26N2. The first kappa shape index (κ1) is 11.4. The summed E-state index contributed by atoms with van der Waals surface area (Å²) in [7, 11) is 0. The third-order valence-corrected chi connectivity index (χ3v) is 4.23. The maximum atomic E-state index is 2.74. The monoisotopic (exact) mass is 210 g/mol. The van der Waals surface area contributed by atoms with Crippen molar-refractivity contribution in [2.45, 2.75) is 52.1 Å². The van der Waals surface area contributed by atoms with Crippen molar-refractivity contribution in [2.24, 2.45) is 5.92 Å². The highest BCUT2D eigenvalue weighted by Gasteiger charge is 2.41. The van der Waals surface area contributed by atoms with Gasteiger partial charge in [0.1, 0.15) is 0 Å². The third-order valence-electron chi connectivity index (χ3n) is 4.23. The van der Waals surface area contributed by atoms with Gasteiger partial charge in [-0.25, -0.2) is 0 Å². The molecule has 2 aliphatic rings. The molecule has 0 aromatic carbocycles. The number of likely N-dealkylation sites (tertiary alicyclic amines) is 2. The molecule has 0 saturated carbocycles. The van der Waals surface area contributed by atoms with E-state index in [2.05, 4.69) is 37.5 Å². The van der Waals surface area contributed by atoms with Crippen molar-refractivity contribution in [3.05, 3.63) is 0 Å². The molecule has 2 aliphatic heterocycles. The van der Waals surface area contributed by atoms with Crippen molar-refractivity contribution in [3.8, 4) is 0 Å². The van der Waals surface area contributed by atoms with Crippen LogP contribution < -0.4 is 0 Å². The Morgan fingerprint density at radius 3 is 2.47 bits per heavy atom. The Kier molecular flexibility index (Phi) is 3.09. The Bertz CT molecular complexity index is 219. The average molecular weight is 210 g/mol. The SMILES string of the molecule is CCN1CCC2C(CCN2C(C)(C)C)C1. The lowest BCUT2D eigenvalue weighted by molar-refractivity contribution is 0.0599. The van der Waals surface area contributed by atoms with E-state index in [1.807, 2.05) is 0 Å². The van der Waals surface area contributed by atoms with Crippen molar-refractivity contribution in [3.63, 3.8) is 0 Å². The molecule has 0 amide bonds. The molecule has 2 nitrogen and oxygen atoms in total. The fourth-order valence-corrected chi connectivity index (χ4v) is 3.38. The van der Waals surface area contributed by atoms with E-state index in [0.29, 0.717) is 5.54 Å². The van der Waals surface area contributed by atoms with E-state index in [1.165, 1.54) is 39.0 Å². The summed E-state index contributed by atoms with van der Waals surface area (Å²) < 4.78 is 0. The summed E-state index contributed by atoms with van der Waals surface area (Å²) in [6.07, 6.45) is 2.80. The molecular weight excluding hydrogens is 184 g/mol. The number of fused-ring (bicyclic) bond motifs is 1. The smallest absolute Gasteiger partial charge is 0.0154 e. The maximum Gasteiger partial charge on any atom is 0.0154 e. The van der Waals surface area contributed by atoms with Gasteiger partial charge >= 0.3 is 0 Å². The van der Waals surface area contributed by atoms with E-state index in [4.69, 9.17) is 0 Å². The molecule has 15 heavy (non-hydrogen) atoms. The Balaban J connectivity index is 2.01. The van der Waals surface area contributed by atoms with Crippen molar-refractivity contribution in [1.29, 1.82) is 0 Å². The largest absolute Gasteiger partial charge is 0.303 e. The summed E-state index contributed by atoms with van der Waals surface area (Å²) in [4.78, 5) is 5.36. The summed E-state index contributed by atoms with van der Waals surface area (Å²) >= 11 is 0. The Morgan fingerprint density at radius 2 is 1.87 bits per heavy atom. The van der Waals surface area contributed by atoms with E-state index in [1.54, 1.807) is 0 Å². The molecule has 2 fully saturated rings. The van der Waals surface area contributed by atoms with Crippen LogP contribution in [0.2, 0.25) is 0 Å². The Labute approximate surface area is 94.6 Å². The lowest BCUT2D eigenvalue weighted by Gasteiger charge is -2.43. The highest BCUT2D eigenvalue weighted by atomic mass is 15.3. The number of hydrogen-bond acceptors (Lipinski definition) is 2. The van der Waals surface area contributed by atoms with Crippen LogP contribution in [-0.4, -0.2) is 47.6 Å². The van der Waals surface area contributed by atoms with Gasteiger partial charge in [-0.1, -0.05) is 6.92 Å². The lowest BCUT2D eigenvalue weighted by Crippen LogP contribution is -2.51. The standard InChI is InChI=1S/C13H26N2/c1-5-14-8-7-12-11(10-14)6-9-15(12)13(2,3)4/h11-12H,5-10H2,1-4H3. The van der Waals surface area contributed by atoms with Crippen LogP contribution in [0.15, 0.2) is 0 Å². The molecule has 88 valence electrons. The molecule has 0 spiro atoms. The topological polar surface area (TPSA) is 6.48 Å². The van der Waals surface area contributed by atoms with E-state index in [9.17, 15) is 0 Å². The van der Waals surface area contributed by atoms with Gasteiger partial charge in [0.15, 0.2) is 0 Å². The van der Waals surface area contributed by atoms with E-state index < -0.39 is 0 Å². The van der Waals surface area contributed by atoms with Crippen LogP contribution in [0.25, 0.3) is 0 Å². The fraction of sp³-hybridized carbons (Fsp3) is 1.00. The molecule has 0 N–H and O–H groups in total. The van der Waals surface area contributed by atoms with Crippen molar-refractivity contribution in [1.82, 2.24) is 9.80 Å². The molecule has 0 aromatic rings. The second-order valence-electron chi connectivity index (χ2n) is 6.16. The lowest BCUT2D eigenvalue weighted by atomic mass is 9.91. The van der Waals surface area contributed by atoms with Gasteiger partial charge < -0.3 is 4.90 Å². The fourth-order valence-electron chi connectivity index (χ4n) is 3.38. The first-order chi connectivity index (χ1) is 7.02. The first-order valence-electron chi connectivity index (χ1n) is 6.51. The second-order valence-corrected chi connectivity index (χ2v) is 6.16. The van der Waals surface area contributed by atoms with Crippen LogP contribution >= 0.6 is 0 Å². The molecule has 0 radical (unpaired) electrons. The van der Waals surface area contributed by atoms with Gasteiger partial charge in [0.05, 0.1) is 0 Å². The summed E-state index contributed by atoms with van der Waals surface area (Å²) in [5.74, 6) is 0.943. The third kappa shape index (κ3) is 2.21. The Hall–Kier alpha value is -0.0800. The maximum absolute atomic E-state index is 2.74. The van der Waals surface area contributed by atoms with Gasteiger partial charge in [0.2, 0.25) is 0 Å². The number of piperidine rings is 1. The van der Waals surface area contributed by atoms with Crippen molar-refractivity contribution >= 4 is 0 Å². The highest BCUT2D eigenvalue weighted by molar-refractivity contribution is 4.96. The quantitative estimate of drug-likeness (QED) is 0.654. The molecule has 2 atom stereocenters. The van der Waals surface area contributed by atoms with Crippen LogP contribution in [0.3, 0.4) is 0 Å². The van der Waals surface area contributed by atoms with Crippen LogP contribution in [0.5, 0.6) is 0 Å². The van der Waals surface area contributed by atoms with Gasteiger partial charge in [-0.2, -0.15) is 0 Å². The molecule has 2 unspecified atom stereocenters. The van der Waals surface area contributed by atoms with Gasteiger partial charge in [-0.3, -0.25) is 4.90 Å². The van der Waals surface area contributed by atoms with Crippen molar-refractivity contribution in [2.75, 3.05) is 26.2 Å². The van der Waals surface area contributed by atoms with Gasteiger partial charge in [0, 0.05) is 18.1 Å². The zero-order valence-electron chi connectivity index (χ0n) is 10.8. The van der Waals surface area contributed by atoms with Crippen molar-refractivity contribution < 1.29 is 0 Å². The Morgan fingerprint density at radius 1 is 1.13 bits per heavy atom. The average Bonchev–Trinajstić information content (AvgIpc) is 2.59. The predicted octanol–water partition coefficient (Wildman–Crippen LogP) is 2.20. The van der Waals surface area contributed by atoms with E-state index in [-0.39, 0.29) is 0 Å². The highest BCUT2D eigenvalue weighted by Crippen LogP contribution is 2.35. The summed E-state index contributed by atoms with van der Waals surface area (Å²) in [6, 6.07) is 0.868. The summed E-state index contributed by atoms with van der Waals surface area (Å²) in [5, 5.41) is 0. The van der Waals surface area contributed by atoms with Gasteiger partial charge in [0.25, 0.3) is 0 Å². The van der Waals surface area contributed by atoms with Crippen LogP contribution in [0, 0.1) is 5.92 Å². The molecule has 2 heterocycles. The molecule has 0 bridgehead atoms. The molecule has 2 rings (SSSR count). The zero-order chi connectivity index (χ0) is 11.1. The van der Waals surface area contributed by atoms with E-state index in [0.717, 1.165) is 12.0 Å². The second kappa shape index (κ2) is 4.06. The van der Waals surface area contributed by atoms with Crippen LogP contribution in [0.1, 0.15) is 40.5 Å². The van der Waals surface area contributed by atoms with Crippen LogP contribution in [-0.2, 0) is 0 Å². The molecule has 0 aromatic heterocycles. The molecule has 0 aliphatic carbocycles. The summed E-state index contributed by atoms with van der Waals surface area (Å²) in [6.45, 7) is 14.6. The van der Waals surface area contributed by atoms with Crippen LogP contribution in [0.4, 0.5) is 0 Å². The summed E-state index contributed by atoms with van der Waals surface area (Å²) in [5.41, 5.74) is 0.369. The number of hydrogen-bond donors (Lipinski definition) is 0. The van der Waals surface area contributed by atoms with Gasteiger partial charge in [-0.15, -0.1) is 0 Å². The minimum atomic E-state index is 0.369. The number of nitrogens with zero attached hydrogens (tertiary/aromatic N) is 2. The predicted molar refractivity (Wildman–Crippen MR) is 65.1 cm³/mol. The normalized spacial score (nSPS) is 34.4. The van der Waals surface area contributed by atoms with E-state index >= 15 is 0 Å². The number of rotatable bonds is 1. The molecule has 2 saturated heterocycles. The van der Waals surface area contributed by atoms with Gasteiger partial charge in [-0.05, 0) is 59.2 Å². The first-order valence-corrected chi connectivity index (χ1v) is 6.51. The minimum absolute atomic E-state index is 0.369. The minimum Gasteiger partial charge on any atom is -0.303 e.